The number of carbonyl (C=O) groups is 1. The molecule has 3 heterocycles. The van der Waals surface area contributed by atoms with Crippen LogP contribution in [0.5, 0.6) is 5.75 Å². The minimum Gasteiger partial charge on any atom is -0.410 e. The second kappa shape index (κ2) is 15.1. The molecule has 2 aromatic heterocycles. The minimum atomic E-state index is -0.288. The van der Waals surface area contributed by atoms with Gasteiger partial charge in [-0.1, -0.05) is 42.5 Å². The molecule has 0 aliphatic carbocycles. The van der Waals surface area contributed by atoms with E-state index in [-0.39, 0.29) is 23.7 Å². The van der Waals surface area contributed by atoms with E-state index < -0.39 is 0 Å². The lowest BCUT2D eigenvalue weighted by Crippen LogP contribution is -2.50. The molecule has 1 N–H and O–H groups in total. The predicted molar refractivity (Wildman–Crippen MR) is 177 cm³/mol. The fourth-order valence-electron chi connectivity index (χ4n) is 5.58. The summed E-state index contributed by atoms with van der Waals surface area (Å²) in [4.78, 5) is 38.3. The van der Waals surface area contributed by atoms with Gasteiger partial charge < -0.3 is 19.7 Å². The highest BCUT2D eigenvalue weighted by Crippen LogP contribution is 2.22. The monoisotopic (exact) mass is 612 g/mol. The van der Waals surface area contributed by atoms with Gasteiger partial charge in [0.25, 0.3) is 5.56 Å². The molecule has 1 atom stereocenters. The van der Waals surface area contributed by atoms with Gasteiger partial charge in [-0.3, -0.25) is 14.3 Å². The average Bonchev–Trinajstić information content (AvgIpc) is 3.03. The van der Waals surface area contributed by atoms with Gasteiger partial charge in [-0.15, -0.1) is 0 Å². The number of para-hydroxylation sites is 1. The van der Waals surface area contributed by atoms with Gasteiger partial charge in [0.05, 0.1) is 18.3 Å². The lowest BCUT2D eigenvalue weighted by atomic mass is 10.0. The van der Waals surface area contributed by atoms with E-state index in [0.717, 1.165) is 49.1 Å². The molecule has 0 bridgehead atoms. The van der Waals surface area contributed by atoms with E-state index in [2.05, 4.69) is 46.4 Å². The molecule has 0 saturated carbocycles. The molecule has 0 radical (unpaired) electrons. The van der Waals surface area contributed by atoms with Crippen LogP contribution in [-0.4, -0.2) is 76.4 Å². The molecular formula is C35H44N6O4. The van der Waals surface area contributed by atoms with E-state index >= 15 is 0 Å². The van der Waals surface area contributed by atoms with Crippen LogP contribution in [0.2, 0.25) is 0 Å². The van der Waals surface area contributed by atoms with Gasteiger partial charge in [0.2, 0.25) is 5.95 Å². The van der Waals surface area contributed by atoms with E-state index in [1.807, 2.05) is 39.0 Å². The first-order valence-corrected chi connectivity index (χ1v) is 15.9. The summed E-state index contributed by atoms with van der Waals surface area (Å²) in [5.74, 6) is 1.09. The number of aryl methyl sites for hydroxylation is 2. The molecule has 1 fully saturated rings. The fraction of sp³-hybridized carbons (Fsp3) is 0.429. The molecule has 1 saturated heterocycles. The second-order valence-electron chi connectivity index (χ2n) is 11.8. The normalized spacial score (nSPS) is 14.6. The number of ether oxygens (including phenoxy) is 2. The van der Waals surface area contributed by atoms with Crippen molar-refractivity contribution in [2.75, 3.05) is 51.3 Å². The predicted octanol–water partition coefficient (Wildman–Crippen LogP) is 5.62. The largest absolute Gasteiger partial charge is 0.415 e. The van der Waals surface area contributed by atoms with Crippen LogP contribution in [0, 0.1) is 6.92 Å². The lowest BCUT2D eigenvalue weighted by molar-refractivity contribution is 0.0737. The van der Waals surface area contributed by atoms with Crippen molar-refractivity contribution < 1.29 is 14.3 Å². The van der Waals surface area contributed by atoms with Crippen LogP contribution in [0.15, 0.2) is 71.5 Å². The number of pyridine rings is 1. The first kappa shape index (κ1) is 32.1. The number of piperazine rings is 1. The third-order valence-electron chi connectivity index (χ3n) is 8.20. The molecular weight excluding hydrogens is 568 g/mol. The van der Waals surface area contributed by atoms with E-state index in [1.54, 1.807) is 33.7 Å². The van der Waals surface area contributed by atoms with Gasteiger partial charge in [-0.05, 0) is 69.9 Å². The quantitative estimate of drug-likeness (QED) is 0.206. The van der Waals surface area contributed by atoms with Gasteiger partial charge in [0.1, 0.15) is 11.4 Å². The number of hydrogen-bond acceptors (Lipinski definition) is 8. The third-order valence-corrected chi connectivity index (χ3v) is 8.20. The third kappa shape index (κ3) is 8.46. The van der Waals surface area contributed by atoms with Crippen LogP contribution in [-0.2, 0) is 11.2 Å². The molecule has 1 aliphatic rings. The Bertz CT molecular complexity index is 1620. The number of carbonyl (C=O) groups excluding carboxylic acids is 1. The summed E-state index contributed by atoms with van der Waals surface area (Å²) in [7, 11) is 0. The van der Waals surface area contributed by atoms with Crippen LogP contribution in [0.1, 0.15) is 56.1 Å². The Morgan fingerprint density at radius 2 is 1.64 bits per heavy atom. The summed E-state index contributed by atoms with van der Waals surface area (Å²) in [6.45, 7) is 13.2. The Morgan fingerprint density at radius 3 is 2.36 bits per heavy atom. The molecule has 0 unspecified atom stereocenters. The van der Waals surface area contributed by atoms with E-state index in [9.17, 15) is 9.59 Å². The van der Waals surface area contributed by atoms with Gasteiger partial charge in [0, 0.05) is 56.8 Å². The summed E-state index contributed by atoms with van der Waals surface area (Å²) in [5.41, 5.74) is 3.84. The van der Waals surface area contributed by atoms with Crippen molar-refractivity contribution in [1.29, 1.82) is 0 Å². The maximum Gasteiger partial charge on any atom is 0.415 e. The molecule has 1 amide bonds. The Morgan fingerprint density at radius 1 is 0.911 bits per heavy atom. The number of nitrogens with one attached hydrogen (secondary N) is 1. The van der Waals surface area contributed by atoms with Crippen molar-refractivity contribution in [2.45, 2.75) is 52.6 Å². The van der Waals surface area contributed by atoms with Gasteiger partial charge in [0.15, 0.2) is 0 Å². The van der Waals surface area contributed by atoms with Crippen LogP contribution in [0.3, 0.4) is 0 Å². The first-order chi connectivity index (χ1) is 21.8. The van der Waals surface area contributed by atoms with E-state index in [1.165, 1.54) is 5.56 Å². The fourth-order valence-corrected chi connectivity index (χ4v) is 5.58. The molecule has 10 heteroatoms. The summed E-state index contributed by atoms with van der Waals surface area (Å²) >= 11 is 0. The highest BCUT2D eigenvalue weighted by molar-refractivity contribution is 5.78. The second-order valence-corrected chi connectivity index (χ2v) is 11.8. The van der Waals surface area contributed by atoms with Gasteiger partial charge >= 0.3 is 6.09 Å². The van der Waals surface area contributed by atoms with Crippen molar-refractivity contribution in [3.8, 4) is 5.75 Å². The van der Waals surface area contributed by atoms with Gasteiger partial charge in [-0.25, -0.2) is 9.78 Å². The smallest absolute Gasteiger partial charge is 0.410 e. The number of aromatic nitrogens is 3. The Balaban J connectivity index is 1.01. The summed E-state index contributed by atoms with van der Waals surface area (Å²) in [5, 5.41) is 4.31. The van der Waals surface area contributed by atoms with Gasteiger partial charge in [-0.2, -0.15) is 4.98 Å². The summed E-state index contributed by atoms with van der Waals surface area (Å²) in [6.07, 6.45) is 1.61. The molecule has 4 aromatic rings. The van der Waals surface area contributed by atoms with E-state index in [4.69, 9.17) is 14.5 Å². The Kier molecular flexibility index (Phi) is 10.8. The van der Waals surface area contributed by atoms with Crippen molar-refractivity contribution in [2.24, 2.45) is 0 Å². The van der Waals surface area contributed by atoms with Crippen molar-refractivity contribution >= 4 is 23.1 Å². The highest BCUT2D eigenvalue weighted by Gasteiger charge is 2.22. The average molecular weight is 613 g/mol. The highest BCUT2D eigenvalue weighted by atomic mass is 16.6. The maximum absolute atomic E-state index is 12.5. The van der Waals surface area contributed by atoms with Crippen LogP contribution in [0.25, 0.3) is 11.0 Å². The van der Waals surface area contributed by atoms with Crippen molar-refractivity contribution in [3.63, 3.8) is 0 Å². The van der Waals surface area contributed by atoms with Crippen LogP contribution < -0.4 is 15.6 Å². The van der Waals surface area contributed by atoms with E-state index in [0.29, 0.717) is 43.6 Å². The standard InChI is InChI=1S/C35H44N6O4/c1-25(2)41-32(42)17-16-31-27(4)37-34(38-33(31)41)36-26(3)29-14-12-28(13-15-29)9-8-23-44-24-22-39-18-20-40(21-19-39)35(43)45-30-10-6-5-7-11-30/h5-7,10-17,25-26H,8-9,18-24H2,1-4H3,(H,36,37,38)/t26-/m0/s1. The molecule has 0 spiro atoms. The zero-order valence-electron chi connectivity index (χ0n) is 26.7. The number of amides is 1. The zero-order valence-corrected chi connectivity index (χ0v) is 26.7. The number of nitrogens with zero attached hydrogens (tertiary/aromatic N) is 5. The van der Waals surface area contributed by atoms with Crippen LogP contribution in [0.4, 0.5) is 10.7 Å². The Hall–Kier alpha value is -4.28. The first-order valence-electron chi connectivity index (χ1n) is 15.9. The SMILES string of the molecule is Cc1nc(N[C@@H](C)c2ccc(CCCOCCN3CCN(C(=O)Oc4ccccc4)CC3)cc2)nc2c1ccc(=O)n2C(C)C. The number of rotatable bonds is 12. The van der Waals surface area contributed by atoms with Crippen LogP contribution >= 0.6 is 0 Å². The number of anilines is 1. The summed E-state index contributed by atoms with van der Waals surface area (Å²) < 4.78 is 13.1. The maximum atomic E-state index is 12.5. The zero-order chi connectivity index (χ0) is 31.8. The number of benzene rings is 2. The molecule has 45 heavy (non-hydrogen) atoms. The minimum absolute atomic E-state index is 0.000576. The lowest BCUT2D eigenvalue weighted by Gasteiger charge is -2.33. The summed E-state index contributed by atoms with van der Waals surface area (Å²) in [6, 6.07) is 21.2. The van der Waals surface area contributed by atoms with Crippen molar-refractivity contribution in [1.82, 2.24) is 24.3 Å². The number of hydrogen-bond donors (Lipinski definition) is 1. The molecule has 10 nitrogen and oxygen atoms in total. The molecule has 238 valence electrons. The number of fused-ring (bicyclic) bond motifs is 1. The molecule has 5 rings (SSSR count). The molecule has 2 aromatic carbocycles. The topological polar surface area (TPSA) is 102 Å². The van der Waals surface area contributed by atoms with Crippen molar-refractivity contribution in [3.05, 3.63) is 93.9 Å². The Labute approximate surface area is 265 Å². The molecule has 1 aliphatic heterocycles.